The second kappa shape index (κ2) is 7.65. The number of fused-ring (bicyclic) bond motifs is 6. The average molecular weight is 516 g/mol. The number of amides is 2. The van der Waals surface area contributed by atoms with E-state index in [1.54, 1.807) is 47.3 Å². The van der Waals surface area contributed by atoms with Gasteiger partial charge in [-0.1, -0.05) is 54.6 Å². The van der Waals surface area contributed by atoms with E-state index in [0.29, 0.717) is 40.0 Å². The van der Waals surface area contributed by atoms with Crippen molar-refractivity contribution in [3.63, 3.8) is 0 Å². The Bertz CT molecular complexity index is 1790. The zero-order valence-electron chi connectivity index (χ0n) is 21.5. The van der Waals surface area contributed by atoms with Gasteiger partial charge in [0.2, 0.25) is 5.91 Å². The minimum absolute atomic E-state index is 0.110. The zero-order chi connectivity index (χ0) is 27.2. The van der Waals surface area contributed by atoms with Crippen LogP contribution in [0.25, 0.3) is 10.9 Å². The molecule has 0 saturated carbocycles. The molecule has 8 heteroatoms. The maximum Gasteiger partial charge on any atom is 0.253 e. The van der Waals surface area contributed by atoms with Crippen molar-refractivity contribution in [2.75, 3.05) is 30.4 Å². The molecule has 8 nitrogen and oxygen atoms in total. The van der Waals surface area contributed by atoms with E-state index in [0.717, 1.165) is 5.52 Å². The number of likely N-dealkylation sites (tertiary alicyclic amines) is 1. The van der Waals surface area contributed by atoms with E-state index in [9.17, 15) is 19.6 Å². The fraction of sp³-hybridized carbons (Fsp3) is 0.226. The summed E-state index contributed by atoms with van der Waals surface area (Å²) in [6.45, 7) is 2.15. The van der Waals surface area contributed by atoms with Crippen LogP contribution >= 0.6 is 0 Å². The van der Waals surface area contributed by atoms with Crippen LogP contribution in [0.15, 0.2) is 79.0 Å². The molecule has 0 radical (unpaired) electrons. The summed E-state index contributed by atoms with van der Waals surface area (Å²) in [5.41, 5.74) is -2.04. The number of nitriles is 1. The van der Waals surface area contributed by atoms with Gasteiger partial charge in [-0.15, -0.1) is 0 Å². The van der Waals surface area contributed by atoms with Crippen molar-refractivity contribution < 1.29 is 14.4 Å². The highest BCUT2D eigenvalue weighted by Gasteiger charge is 2.84. The van der Waals surface area contributed by atoms with Crippen LogP contribution in [0.5, 0.6) is 0 Å². The standard InChI is InChI=1S/C31H25N5O3/c1-3-36-25-15-9-6-12-22(25)31(28(36)39)30(21-11-5-8-14-24(21)34-27(30)38)29(17-32,18-35(31)2)26(37)20-16-33-23-13-7-4-10-19(20)23/h4-16,33H,3,18H2,1-2H3,(H,34,38)/t29-,30+,31-/m1/s1. The van der Waals surface area contributed by atoms with Gasteiger partial charge < -0.3 is 15.2 Å². The van der Waals surface area contributed by atoms with E-state index >= 15 is 0 Å². The minimum Gasteiger partial charge on any atom is -0.360 e. The van der Waals surface area contributed by atoms with E-state index < -0.39 is 28.1 Å². The molecule has 0 bridgehead atoms. The van der Waals surface area contributed by atoms with Crippen LogP contribution in [0.4, 0.5) is 11.4 Å². The Balaban J connectivity index is 1.63. The third-order valence-corrected chi connectivity index (χ3v) is 9.02. The molecule has 1 saturated heterocycles. The quantitative estimate of drug-likeness (QED) is 0.402. The Kier molecular flexibility index (Phi) is 4.59. The Morgan fingerprint density at radius 2 is 1.69 bits per heavy atom. The number of para-hydroxylation sites is 3. The van der Waals surface area contributed by atoms with Crippen molar-refractivity contribution in [1.82, 2.24) is 9.88 Å². The van der Waals surface area contributed by atoms with Crippen molar-refractivity contribution in [1.29, 1.82) is 5.26 Å². The molecule has 7 rings (SSSR count). The molecule has 3 aliphatic rings. The first-order valence-corrected chi connectivity index (χ1v) is 13.0. The highest BCUT2D eigenvalue weighted by Crippen LogP contribution is 2.69. The fourth-order valence-corrected chi connectivity index (χ4v) is 7.61. The van der Waals surface area contributed by atoms with Crippen molar-refractivity contribution in [3.05, 3.63) is 95.7 Å². The van der Waals surface area contributed by atoms with E-state index in [1.165, 1.54) is 0 Å². The number of Topliss-reactive ketones (excluding diaryl/α,β-unsaturated/α-hetero) is 1. The van der Waals surface area contributed by atoms with Crippen LogP contribution < -0.4 is 10.2 Å². The predicted molar refractivity (Wildman–Crippen MR) is 146 cm³/mol. The maximum atomic E-state index is 14.9. The second-order valence-electron chi connectivity index (χ2n) is 10.5. The minimum atomic E-state index is -1.92. The predicted octanol–water partition coefficient (Wildman–Crippen LogP) is 3.96. The third kappa shape index (κ3) is 2.36. The Morgan fingerprint density at radius 3 is 2.46 bits per heavy atom. The number of H-pyrrole nitrogens is 1. The number of benzene rings is 3. The first kappa shape index (κ1) is 23.4. The molecule has 1 aromatic heterocycles. The molecule has 4 aromatic rings. The number of hydrogen-bond acceptors (Lipinski definition) is 5. The maximum absolute atomic E-state index is 14.9. The fourth-order valence-electron chi connectivity index (χ4n) is 7.61. The number of hydrogen-bond donors (Lipinski definition) is 2. The number of aromatic nitrogens is 1. The van der Waals surface area contributed by atoms with Gasteiger partial charge in [0.25, 0.3) is 5.91 Å². The highest BCUT2D eigenvalue weighted by atomic mass is 16.2. The highest BCUT2D eigenvalue weighted by molar-refractivity contribution is 6.24. The van der Waals surface area contributed by atoms with E-state index in [-0.39, 0.29) is 12.5 Å². The van der Waals surface area contributed by atoms with Crippen LogP contribution in [0, 0.1) is 16.7 Å². The lowest BCUT2D eigenvalue weighted by atomic mass is 9.51. The summed E-state index contributed by atoms with van der Waals surface area (Å²) in [5.74, 6) is -1.33. The summed E-state index contributed by atoms with van der Waals surface area (Å²) < 4.78 is 0. The second-order valence-corrected chi connectivity index (χ2v) is 10.5. The van der Waals surface area contributed by atoms with Gasteiger partial charge in [-0.3, -0.25) is 19.3 Å². The number of nitrogens with zero attached hydrogens (tertiary/aromatic N) is 3. The Hall–Kier alpha value is -4.74. The van der Waals surface area contributed by atoms with Gasteiger partial charge in [0.15, 0.2) is 11.2 Å². The molecule has 2 spiro atoms. The van der Waals surface area contributed by atoms with Gasteiger partial charge >= 0.3 is 0 Å². The molecule has 3 aliphatic heterocycles. The summed E-state index contributed by atoms with van der Waals surface area (Å²) in [4.78, 5) is 50.8. The molecule has 192 valence electrons. The normalized spacial score (nSPS) is 27.3. The van der Waals surface area contributed by atoms with Gasteiger partial charge in [-0.25, -0.2) is 0 Å². The van der Waals surface area contributed by atoms with E-state index in [2.05, 4.69) is 16.4 Å². The smallest absolute Gasteiger partial charge is 0.253 e. The molecule has 0 unspecified atom stereocenters. The monoisotopic (exact) mass is 515 g/mol. The van der Waals surface area contributed by atoms with Gasteiger partial charge in [0, 0.05) is 52.7 Å². The van der Waals surface area contributed by atoms with Gasteiger partial charge in [-0.05, 0) is 37.7 Å². The van der Waals surface area contributed by atoms with Crippen LogP contribution in [-0.2, 0) is 20.5 Å². The largest absolute Gasteiger partial charge is 0.360 e. The lowest BCUT2D eigenvalue weighted by molar-refractivity contribution is -0.139. The van der Waals surface area contributed by atoms with E-state index in [1.807, 2.05) is 55.5 Å². The summed E-state index contributed by atoms with van der Waals surface area (Å²) in [6.07, 6.45) is 1.60. The Morgan fingerprint density at radius 1 is 1.00 bits per heavy atom. The van der Waals surface area contributed by atoms with Crippen molar-refractivity contribution in [2.24, 2.45) is 5.41 Å². The van der Waals surface area contributed by atoms with Crippen LogP contribution in [0.1, 0.15) is 28.4 Å². The van der Waals surface area contributed by atoms with Crippen molar-refractivity contribution >= 4 is 39.9 Å². The average Bonchev–Trinajstić information content (AvgIpc) is 3.65. The van der Waals surface area contributed by atoms with E-state index in [4.69, 9.17) is 0 Å². The number of ketones is 1. The van der Waals surface area contributed by atoms with Crippen LogP contribution in [-0.4, -0.2) is 47.6 Å². The summed E-state index contributed by atoms with van der Waals surface area (Å²) in [5, 5.41) is 14.8. The van der Waals surface area contributed by atoms with Crippen LogP contribution in [0.2, 0.25) is 0 Å². The number of likely N-dealkylation sites (N-methyl/N-ethyl adjacent to an activating group) is 2. The SMILES string of the molecule is CCN1C(=O)[C@@]2(c3ccccc31)N(C)C[C@](C#N)(C(=O)c1c[nH]c3ccccc13)[C@]21C(=O)Nc2ccccc21. The number of carbonyl (C=O) groups is 3. The number of aromatic amines is 1. The topological polar surface area (TPSA) is 109 Å². The summed E-state index contributed by atoms with van der Waals surface area (Å²) in [6, 6.07) is 24.2. The van der Waals surface area contributed by atoms with Crippen molar-refractivity contribution in [3.8, 4) is 6.07 Å². The van der Waals surface area contributed by atoms with Crippen molar-refractivity contribution in [2.45, 2.75) is 17.9 Å². The summed E-state index contributed by atoms with van der Waals surface area (Å²) in [7, 11) is 1.74. The number of anilines is 2. The summed E-state index contributed by atoms with van der Waals surface area (Å²) >= 11 is 0. The lowest BCUT2D eigenvalue weighted by Crippen LogP contribution is -2.65. The number of nitrogens with one attached hydrogen (secondary N) is 2. The Labute approximate surface area is 224 Å². The molecule has 3 aromatic carbocycles. The molecule has 2 N–H and O–H groups in total. The molecule has 1 fully saturated rings. The first-order valence-electron chi connectivity index (χ1n) is 13.0. The first-order chi connectivity index (χ1) is 18.9. The third-order valence-electron chi connectivity index (χ3n) is 9.02. The van der Waals surface area contributed by atoms with Crippen LogP contribution in [0.3, 0.4) is 0 Å². The lowest BCUT2D eigenvalue weighted by Gasteiger charge is -2.45. The van der Waals surface area contributed by atoms with Gasteiger partial charge in [0.1, 0.15) is 11.0 Å². The molecule has 0 aliphatic carbocycles. The molecular weight excluding hydrogens is 490 g/mol. The molecular formula is C31H25N5O3. The van der Waals surface area contributed by atoms with Gasteiger partial charge in [0.05, 0.1) is 6.07 Å². The number of rotatable bonds is 3. The zero-order valence-corrected chi connectivity index (χ0v) is 21.5. The molecule has 3 atom stereocenters. The van der Waals surface area contributed by atoms with Gasteiger partial charge in [-0.2, -0.15) is 5.26 Å². The molecule has 39 heavy (non-hydrogen) atoms. The molecule has 2 amide bonds. The molecule has 4 heterocycles. The number of carbonyl (C=O) groups excluding carboxylic acids is 3.